The first-order chi connectivity index (χ1) is 9.47. The summed E-state index contributed by atoms with van der Waals surface area (Å²) in [5.41, 5.74) is -2.33. The zero-order chi connectivity index (χ0) is 14.5. The van der Waals surface area contributed by atoms with Gasteiger partial charge in [0.05, 0.1) is 12.0 Å². The number of halogens is 1. The molecule has 3 aliphatic rings. The monoisotopic (exact) mass is 299 g/mol. The van der Waals surface area contributed by atoms with Crippen LogP contribution in [0.3, 0.4) is 0 Å². The lowest BCUT2D eigenvalue weighted by molar-refractivity contribution is -0.237. The second-order valence-corrected chi connectivity index (χ2v) is 6.32. The molecule has 2 fully saturated rings. The van der Waals surface area contributed by atoms with E-state index in [-0.39, 0.29) is 11.8 Å². The topological polar surface area (TPSA) is 75.6 Å². The van der Waals surface area contributed by atoms with Gasteiger partial charge in [-0.15, -0.1) is 11.6 Å². The first-order valence-corrected chi connectivity index (χ1v) is 7.47. The van der Waals surface area contributed by atoms with E-state index in [0.29, 0.717) is 12.3 Å². The molecule has 3 rings (SSSR count). The molecule has 0 aromatic rings. The summed E-state index contributed by atoms with van der Waals surface area (Å²) in [5, 5.41) is 13.4. The van der Waals surface area contributed by atoms with E-state index < -0.39 is 29.1 Å². The van der Waals surface area contributed by atoms with Crippen LogP contribution >= 0.6 is 11.6 Å². The van der Waals surface area contributed by atoms with Gasteiger partial charge in [0.2, 0.25) is 11.4 Å². The predicted octanol–water partition coefficient (Wildman–Crippen LogP) is 0.743. The van der Waals surface area contributed by atoms with Gasteiger partial charge in [-0.3, -0.25) is 4.79 Å². The number of hydrogen-bond acceptors (Lipinski definition) is 4. The molecular weight excluding hydrogens is 282 g/mol. The van der Waals surface area contributed by atoms with Gasteiger partial charge in [0.25, 0.3) is 0 Å². The van der Waals surface area contributed by atoms with Gasteiger partial charge in [-0.1, -0.05) is 12.2 Å². The number of amides is 1. The highest BCUT2D eigenvalue weighted by Gasteiger charge is 2.79. The molecule has 0 spiro atoms. The van der Waals surface area contributed by atoms with E-state index in [4.69, 9.17) is 16.3 Å². The van der Waals surface area contributed by atoms with Gasteiger partial charge in [0.15, 0.2) is 5.60 Å². The number of hydrogen-bond donors (Lipinski definition) is 2. The summed E-state index contributed by atoms with van der Waals surface area (Å²) in [6, 6.07) is 0. The van der Waals surface area contributed by atoms with Crippen LogP contribution in [0.2, 0.25) is 0 Å². The van der Waals surface area contributed by atoms with Crippen molar-refractivity contribution in [1.82, 2.24) is 5.32 Å². The van der Waals surface area contributed by atoms with E-state index in [9.17, 15) is 14.7 Å². The molecule has 110 valence electrons. The molecule has 1 unspecified atom stereocenters. The summed E-state index contributed by atoms with van der Waals surface area (Å²) >= 11 is 5.74. The van der Waals surface area contributed by atoms with Crippen molar-refractivity contribution in [3.05, 3.63) is 12.2 Å². The standard InChI is InChI=1S/C14H18ClNO4/c1-13-9(6-7-15)11(18)16-14(13,12(19)20-13)10(17)8-4-2-3-5-8/h2,4,8-10,17H,3,5-7H2,1H3,(H,16,18)/t8?,9-,10-,13-,14-/m0/s1. The Morgan fingerprint density at radius 2 is 2.35 bits per heavy atom. The van der Waals surface area contributed by atoms with E-state index >= 15 is 0 Å². The smallest absolute Gasteiger partial charge is 0.339 e. The second kappa shape index (κ2) is 4.46. The highest BCUT2D eigenvalue weighted by Crippen LogP contribution is 2.53. The molecule has 2 aliphatic heterocycles. The number of alkyl halides is 1. The maximum Gasteiger partial charge on any atom is 0.339 e. The Labute approximate surface area is 122 Å². The molecule has 6 heteroatoms. The highest BCUT2D eigenvalue weighted by atomic mass is 35.5. The maximum absolute atomic E-state index is 12.2. The lowest BCUT2D eigenvalue weighted by Gasteiger charge is -2.54. The number of allylic oxidation sites excluding steroid dienone is 1. The minimum atomic E-state index is -1.32. The normalized spacial score (nSPS) is 43.8. The Balaban J connectivity index is 1.95. The molecule has 0 aromatic heterocycles. The van der Waals surface area contributed by atoms with Gasteiger partial charge in [0.1, 0.15) is 0 Å². The van der Waals surface area contributed by atoms with Gasteiger partial charge in [-0.05, 0) is 26.2 Å². The maximum atomic E-state index is 12.2. The third-order valence-corrected chi connectivity index (χ3v) is 5.23. The largest absolute Gasteiger partial charge is 0.453 e. The van der Waals surface area contributed by atoms with Gasteiger partial charge < -0.3 is 15.2 Å². The van der Waals surface area contributed by atoms with E-state index in [0.717, 1.165) is 12.8 Å². The van der Waals surface area contributed by atoms with Crippen LogP contribution in [0.25, 0.3) is 0 Å². The zero-order valence-electron chi connectivity index (χ0n) is 11.3. The van der Waals surface area contributed by atoms with E-state index in [2.05, 4.69) is 5.32 Å². The van der Waals surface area contributed by atoms with Gasteiger partial charge in [0, 0.05) is 11.8 Å². The third-order valence-electron chi connectivity index (χ3n) is 5.01. The fourth-order valence-corrected chi connectivity index (χ4v) is 4.02. The summed E-state index contributed by atoms with van der Waals surface area (Å²) in [6.07, 6.45) is 5.01. The number of aliphatic hydroxyl groups excluding tert-OH is 1. The molecule has 5 nitrogen and oxygen atoms in total. The molecule has 0 radical (unpaired) electrons. The van der Waals surface area contributed by atoms with E-state index in [1.165, 1.54) is 0 Å². The van der Waals surface area contributed by atoms with Crippen LogP contribution in [0.15, 0.2) is 12.2 Å². The van der Waals surface area contributed by atoms with Crippen LogP contribution < -0.4 is 5.32 Å². The number of carbonyl (C=O) groups is 2. The molecule has 2 N–H and O–H groups in total. The van der Waals surface area contributed by atoms with Crippen molar-refractivity contribution in [3.63, 3.8) is 0 Å². The molecule has 5 atom stereocenters. The van der Waals surface area contributed by atoms with Crippen molar-refractivity contribution >= 4 is 23.5 Å². The molecule has 0 bridgehead atoms. The minimum absolute atomic E-state index is 0.128. The van der Waals surface area contributed by atoms with Crippen LogP contribution in [-0.4, -0.2) is 40.1 Å². The van der Waals surface area contributed by atoms with Gasteiger partial charge in [-0.25, -0.2) is 4.79 Å². The lowest BCUT2D eigenvalue weighted by Crippen LogP contribution is -2.80. The highest BCUT2D eigenvalue weighted by molar-refractivity contribution is 6.18. The number of aliphatic hydroxyl groups is 1. The quantitative estimate of drug-likeness (QED) is 0.456. The average Bonchev–Trinajstić information content (AvgIpc) is 2.98. The molecule has 1 aliphatic carbocycles. The summed E-state index contributed by atoms with van der Waals surface area (Å²) in [4.78, 5) is 24.2. The minimum Gasteiger partial charge on any atom is -0.453 e. The summed E-state index contributed by atoms with van der Waals surface area (Å²) in [5.74, 6) is -1.13. The molecule has 20 heavy (non-hydrogen) atoms. The van der Waals surface area contributed by atoms with Gasteiger partial charge in [-0.2, -0.15) is 0 Å². The Bertz CT molecular complexity index is 494. The number of rotatable bonds is 4. The fourth-order valence-electron chi connectivity index (χ4n) is 3.81. The summed E-state index contributed by atoms with van der Waals surface area (Å²) < 4.78 is 5.31. The van der Waals surface area contributed by atoms with Crippen molar-refractivity contribution in [3.8, 4) is 0 Å². The van der Waals surface area contributed by atoms with Crippen LogP contribution in [0.4, 0.5) is 0 Å². The molecule has 2 saturated heterocycles. The number of ether oxygens (including phenoxy) is 1. The fraction of sp³-hybridized carbons (Fsp3) is 0.714. The third kappa shape index (κ3) is 1.48. The van der Waals surface area contributed by atoms with E-state index in [1.54, 1.807) is 6.92 Å². The molecule has 2 heterocycles. The predicted molar refractivity (Wildman–Crippen MR) is 72.1 cm³/mol. The second-order valence-electron chi connectivity index (χ2n) is 5.94. The van der Waals surface area contributed by atoms with Crippen LogP contribution in [0, 0.1) is 11.8 Å². The summed E-state index contributed by atoms with van der Waals surface area (Å²) in [7, 11) is 0. The average molecular weight is 300 g/mol. The Kier molecular flexibility index (Phi) is 3.10. The van der Waals surface area contributed by atoms with Crippen molar-refractivity contribution in [2.45, 2.75) is 43.4 Å². The Morgan fingerprint density at radius 1 is 1.60 bits per heavy atom. The summed E-state index contributed by atoms with van der Waals surface area (Å²) in [6.45, 7) is 1.71. The lowest BCUT2D eigenvalue weighted by atomic mass is 9.65. The zero-order valence-corrected chi connectivity index (χ0v) is 12.0. The first kappa shape index (κ1) is 13.9. The molecule has 0 aromatic carbocycles. The van der Waals surface area contributed by atoms with Gasteiger partial charge >= 0.3 is 5.97 Å². The molecule has 0 saturated carbocycles. The number of fused-ring (bicyclic) bond motifs is 1. The number of nitrogens with one attached hydrogen (secondary N) is 1. The van der Waals surface area contributed by atoms with E-state index in [1.807, 2.05) is 12.2 Å². The van der Waals surface area contributed by atoms with Crippen molar-refractivity contribution in [1.29, 1.82) is 0 Å². The number of esters is 1. The van der Waals surface area contributed by atoms with Crippen LogP contribution in [0.1, 0.15) is 26.2 Å². The Morgan fingerprint density at radius 3 is 2.90 bits per heavy atom. The van der Waals surface area contributed by atoms with Crippen molar-refractivity contribution < 1.29 is 19.4 Å². The Hall–Kier alpha value is -1.07. The number of carbonyl (C=O) groups excluding carboxylic acids is 2. The van der Waals surface area contributed by atoms with Crippen LogP contribution in [-0.2, 0) is 14.3 Å². The van der Waals surface area contributed by atoms with Crippen molar-refractivity contribution in [2.75, 3.05) is 5.88 Å². The first-order valence-electron chi connectivity index (χ1n) is 6.93. The molecular formula is C14H18ClNO4. The molecule has 1 amide bonds. The SMILES string of the molecule is C[C@@]12OC(=O)[C@]1([C@@H](O)C1C=CCC1)NC(=O)[C@@H]2CCCl. The van der Waals surface area contributed by atoms with Crippen molar-refractivity contribution in [2.24, 2.45) is 11.8 Å². The van der Waals surface area contributed by atoms with Crippen LogP contribution in [0.5, 0.6) is 0 Å².